The SMILES string of the molecule is Cc1ccc(N2CCNCC2)cc1NC(=O)C(C)n1cc(C)c2cc(S(=O)(=O)N(C)C)ccc21. The molecule has 1 unspecified atom stereocenters. The molecule has 1 atom stereocenters. The molecule has 3 aromatic rings. The average molecular weight is 484 g/mol. The summed E-state index contributed by atoms with van der Waals surface area (Å²) < 4.78 is 28.2. The lowest BCUT2D eigenvalue weighted by molar-refractivity contribution is -0.118. The third-order valence-electron chi connectivity index (χ3n) is 6.54. The molecule has 8 nitrogen and oxygen atoms in total. The third-order valence-corrected chi connectivity index (χ3v) is 8.35. The number of hydrogen-bond acceptors (Lipinski definition) is 5. The van der Waals surface area contributed by atoms with E-state index in [0.29, 0.717) is 0 Å². The van der Waals surface area contributed by atoms with Gasteiger partial charge in [0, 0.05) is 68.7 Å². The molecule has 2 aromatic carbocycles. The van der Waals surface area contributed by atoms with E-state index in [1.54, 1.807) is 18.2 Å². The maximum absolute atomic E-state index is 13.3. The minimum absolute atomic E-state index is 0.123. The first kappa shape index (κ1) is 24.3. The summed E-state index contributed by atoms with van der Waals surface area (Å²) in [6.07, 6.45) is 1.91. The molecular weight excluding hydrogens is 450 g/mol. The number of piperazine rings is 1. The molecule has 1 aromatic heterocycles. The number of nitrogens with one attached hydrogen (secondary N) is 2. The van der Waals surface area contributed by atoms with E-state index >= 15 is 0 Å². The number of aromatic nitrogens is 1. The molecule has 34 heavy (non-hydrogen) atoms. The van der Waals surface area contributed by atoms with Gasteiger partial charge in [-0.25, -0.2) is 12.7 Å². The molecule has 0 bridgehead atoms. The van der Waals surface area contributed by atoms with Crippen molar-refractivity contribution in [2.75, 3.05) is 50.5 Å². The van der Waals surface area contributed by atoms with Crippen molar-refractivity contribution in [2.24, 2.45) is 0 Å². The van der Waals surface area contributed by atoms with E-state index in [1.165, 1.54) is 18.4 Å². The summed E-state index contributed by atoms with van der Waals surface area (Å²) in [7, 11) is -0.501. The van der Waals surface area contributed by atoms with Crippen LogP contribution >= 0.6 is 0 Å². The molecule has 4 rings (SSSR count). The van der Waals surface area contributed by atoms with Gasteiger partial charge in [-0.1, -0.05) is 6.07 Å². The van der Waals surface area contributed by atoms with Crippen LogP contribution in [0.5, 0.6) is 0 Å². The Labute approximate surface area is 201 Å². The summed E-state index contributed by atoms with van der Waals surface area (Å²) in [5, 5.41) is 7.29. The van der Waals surface area contributed by atoms with Crippen LogP contribution in [-0.2, 0) is 14.8 Å². The first-order valence-electron chi connectivity index (χ1n) is 11.5. The van der Waals surface area contributed by atoms with Crippen molar-refractivity contribution in [3.05, 3.63) is 53.7 Å². The predicted octanol–water partition coefficient (Wildman–Crippen LogP) is 3.12. The highest BCUT2D eigenvalue weighted by Crippen LogP contribution is 2.29. The summed E-state index contributed by atoms with van der Waals surface area (Å²) in [5.41, 5.74) is 4.66. The van der Waals surface area contributed by atoms with Gasteiger partial charge in [-0.2, -0.15) is 0 Å². The van der Waals surface area contributed by atoms with Crippen LogP contribution < -0.4 is 15.5 Å². The Morgan fingerprint density at radius 2 is 1.76 bits per heavy atom. The number of rotatable bonds is 6. The number of carbonyl (C=O) groups excluding carboxylic acids is 1. The minimum Gasteiger partial charge on any atom is -0.369 e. The number of fused-ring (bicyclic) bond motifs is 1. The molecule has 1 amide bonds. The van der Waals surface area contributed by atoms with Crippen molar-refractivity contribution < 1.29 is 13.2 Å². The van der Waals surface area contributed by atoms with E-state index < -0.39 is 16.1 Å². The topological polar surface area (TPSA) is 86.7 Å². The summed E-state index contributed by atoms with van der Waals surface area (Å²) in [4.78, 5) is 15.8. The maximum Gasteiger partial charge on any atom is 0.247 e. The van der Waals surface area contributed by atoms with Gasteiger partial charge < -0.3 is 20.1 Å². The fraction of sp³-hybridized carbons (Fsp3) is 0.400. The molecule has 0 spiro atoms. The number of anilines is 2. The molecule has 1 aliphatic rings. The minimum atomic E-state index is -3.53. The Hall–Kier alpha value is -2.88. The largest absolute Gasteiger partial charge is 0.369 e. The van der Waals surface area contributed by atoms with Gasteiger partial charge in [-0.05, 0) is 62.2 Å². The van der Waals surface area contributed by atoms with Gasteiger partial charge >= 0.3 is 0 Å². The lowest BCUT2D eigenvalue weighted by atomic mass is 10.1. The lowest BCUT2D eigenvalue weighted by Crippen LogP contribution is -2.43. The molecule has 182 valence electrons. The molecular formula is C25H33N5O3S. The molecule has 2 N–H and O–H groups in total. The Bertz CT molecular complexity index is 1320. The molecule has 9 heteroatoms. The predicted molar refractivity (Wildman–Crippen MR) is 137 cm³/mol. The van der Waals surface area contributed by atoms with E-state index in [1.807, 2.05) is 43.7 Å². The highest BCUT2D eigenvalue weighted by Gasteiger charge is 2.22. The summed E-state index contributed by atoms with van der Waals surface area (Å²) in [6, 6.07) is 10.8. The van der Waals surface area contributed by atoms with Crippen LogP contribution in [-0.4, -0.2) is 63.5 Å². The highest BCUT2D eigenvalue weighted by molar-refractivity contribution is 7.89. The van der Waals surface area contributed by atoms with Gasteiger partial charge in [0.05, 0.1) is 4.90 Å². The molecule has 1 fully saturated rings. The second kappa shape index (κ2) is 9.40. The van der Waals surface area contributed by atoms with Crippen molar-refractivity contribution >= 4 is 38.2 Å². The zero-order valence-corrected chi connectivity index (χ0v) is 21.2. The monoisotopic (exact) mass is 483 g/mol. The first-order valence-corrected chi connectivity index (χ1v) is 12.9. The molecule has 0 radical (unpaired) electrons. The van der Waals surface area contributed by atoms with Crippen LogP contribution in [0.4, 0.5) is 11.4 Å². The zero-order valence-electron chi connectivity index (χ0n) is 20.4. The van der Waals surface area contributed by atoms with Crippen LogP contribution in [0.1, 0.15) is 24.1 Å². The molecule has 2 heterocycles. The second-order valence-corrected chi connectivity index (χ2v) is 11.2. The number of benzene rings is 2. The number of amides is 1. The normalized spacial score (nSPS) is 15.6. The van der Waals surface area contributed by atoms with Crippen molar-refractivity contribution in [1.82, 2.24) is 14.2 Å². The molecule has 0 aliphatic carbocycles. The first-order chi connectivity index (χ1) is 16.1. The van der Waals surface area contributed by atoms with E-state index in [2.05, 4.69) is 21.6 Å². The van der Waals surface area contributed by atoms with Crippen molar-refractivity contribution in [3.8, 4) is 0 Å². The number of sulfonamides is 1. The van der Waals surface area contributed by atoms with Crippen LogP contribution in [0.25, 0.3) is 10.9 Å². The van der Waals surface area contributed by atoms with Crippen LogP contribution in [0.3, 0.4) is 0 Å². The van der Waals surface area contributed by atoms with E-state index in [9.17, 15) is 13.2 Å². The number of carbonyl (C=O) groups is 1. The Morgan fingerprint density at radius 1 is 1.06 bits per heavy atom. The van der Waals surface area contributed by atoms with E-state index in [4.69, 9.17) is 0 Å². The standard InChI is InChI=1S/C25H33N5O3S/c1-17-6-7-20(29-12-10-26-11-13-29)14-23(17)27-25(31)19(3)30-16-18(2)22-15-21(8-9-24(22)30)34(32,33)28(4)5/h6-9,14-16,19,26H,10-13H2,1-5H3,(H,27,31). The number of aryl methyl sites for hydroxylation is 2. The average Bonchev–Trinajstić information content (AvgIpc) is 3.16. The van der Waals surface area contributed by atoms with E-state index in [-0.39, 0.29) is 10.8 Å². The fourth-order valence-electron chi connectivity index (χ4n) is 4.32. The van der Waals surface area contributed by atoms with Gasteiger partial charge in [0.25, 0.3) is 0 Å². The number of nitrogens with zero attached hydrogens (tertiary/aromatic N) is 3. The van der Waals surface area contributed by atoms with Gasteiger partial charge in [0.2, 0.25) is 15.9 Å². The highest BCUT2D eigenvalue weighted by atomic mass is 32.2. The third kappa shape index (κ3) is 4.55. The molecule has 1 aliphatic heterocycles. The van der Waals surface area contributed by atoms with E-state index in [0.717, 1.165) is 59.6 Å². The summed E-state index contributed by atoms with van der Waals surface area (Å²) >= 11 is 0. The maximum atomic E-state index is 13.3. The Kier molecular flexibility index (Phi) is 6.71. The zero-order chi connectivity index (χ0) is 24.6. The van der Waals surface area contributed by atoms with Gasteiger partial charge in [-0.15, -0.1) is 0 Å². The summed E-state index contributed by atoms with van der Waals surface area (Å²) in [5.74, 6) is -0.123. The second-order valence-electron chi connectivity index (χ2n) is 9.09. The van der Waals surface area contributed by atoms with Gasteiger partial charge in [-0.3, -0.25) is 4.79 Å². The van der Waals surface area contributed by atoms with Crippen molar-refractivity contribution in [3.63, 3.8) is 0 Å². The van der Waals surface area contributed by atoms with Crippen molar-refractivity contribution in [2.45, 2.75) is 31.7 Å². The van der Waals surface area contributed by atoms with Crippen molar-refractivity contribution in [1.29, 1.82) is 0 Å². The van der Waals surface area contributed by atoms with Gasteiger partial charge in [0.1, 0.15) is 6.04 Å². The van der Waals surface area contributed by atoms with Crippen LogP contribution in [0.2, 0.25) is 0 Å². The Morgan fingerprint density at radius 3 is 2.44 bits per heavy atom. The Balaban J connectivity index is 1.60. The number of hydrogen-bond donors (Lipinski definition) is 2. The van der Waals surface area contributed by atoms with Crippen LogP contribution in [0.15, 0.2) is 47.5 Å². The summed E-state index contributed by atoms with van der Waals surface area (Å²) in [6.45, 7) is 9.54. The molecule has 0 saturated carbocycles. The smallest absolute Gasteiger partial charge is 0.247 e. The lowest BCUT2D eigenvalue weighted by Gasteiger charge is -2.30. The quantitative estimate of drug-likeness (QED) is 0.563. The van der Waals surface area contributed by atoms with Gasteiger partial charge in [0.15, 0.2) is 0 Å². The fourth-order valence-corrected chi connectivity index (χ4v) is 5.25. The molecule has 1 saturated heterocycles. The van der Waals surface area contributed by atoms with Crippen LogP contribution in [0, 0.1) is 13.8 Å².